The minimum atomic E-state index is 0.280. The molecule has 0 bridgehead atoms. The van der Waals surface area contributed by atoms with Crippen LogP contribution < -0.4 is 5.73 Å². The molecule has 0 atom stereocenters. The number of ether oxygens (including phenoxy) is 1. The highest BCUT2D eigenvalue weighted by Gasteiger charge is 1.94. The fourth-order valence-electron chi connectivity index (χ4n) is 0.776. The fraction of sp³-hybridized carbons (Fsp3) is 0.889. The van der Waals surface area contributed by atoms with Gasteiger partial charge in [-0.2, -0.15) is 0 Å². The van der Waals surface area contributed by atoms with Gasteiger partial charge in [0.25, 0.3) is 0 Å². The number of hydrogen-bond donors (Lipinski definition) is 1. The van der Waals surface area contributed by atoms with E-state index in [1.54, 1.807) is 28.5 Å². The van der Waals surface area contributed by atoms with Crippen LogP contribution >= 0.6 is 21.6 Å². The molecular formula is C9H19NO2S2. The van der Waals surface area contributed by atoms with E-state index in [0.29, 0.717) is 19.6 Å². The molecule has 0 saturated carbocycles. The van der Waals surface area contributed by atoms with Crippen LogP contribution in [0.4, 0.5) is 0 Å². The Morgan fingerprint density at radius 2 is 2.00 bits per heavy atom. The number of rotatable bonds is 10. The molecule has 0 unspecified atom stereocenters. The Labute approximate surface area is 93.9 Å². The summed E-state index contributed by atoms with van der Waals surface area (Å²) in [6.07, 6.45) is 1.69. The standard InChI is InChI=1S/C9H19NO2S2/c1-9(11)3-2-7-13-14-8-6-12-5-4-10/h2-8,10H2,1H3. The van der Waals surface area contributed by atoms with Gasteiger partial charge in [0.15, 0.2) is 0 Å². The summed E-state index contributed by atoms with van der Waals surface area (Å²) in [7, 11) is 3.60. The van der Waals surface area contributed by atoms with Crippen LogP contribution in [0.2, 0.25) is 0 Å². The summed E-state index contributed by atoms with van der Waals surface area (Å²) in [6, 6.07) is 0. The number of ketones is 1. The monoisotopic (exact) mass is 237 g/mol. The van der Waals surface area contributed by atoms with Crippen molar-refractivity contribution in [3.05, 3.63) is 0 Å². The van der Waals surface area contributed by atoms with Gasteiger partial charge in [-0.25, -0.2) is 0 Å². The van der Waals surface area contributed by atoms with Crippen molar-refractivity contribution in [1.82, 2.24) is 0 Å². The predicted octanol–water partition coefficient (Wildman–Crippen LogP) is 1.71. The van der Waals surface area contributed by atoms with Crippen LogP contribution in [-0.4, -0.2) is 37.0 Å². The summed E-state index contributed by atoms with van der Waals surface area (Å²) >= 11 is 0. The lowest BCUT2D eigenvalue weighted by molar-refractivity contribution is -0.117. The van der Waals surface area contributed by atoms with Gasteiger partial charge < -0.3 is 15.3 Å². The average Bonchev–Trinajstić information content (AvgIpc) is 2.15. The van der Waals surface area contributed by atoms with Crippen LogP contribution in [-0.2, 0) is 9.53 Å². The van der Waals surface area contributed by atoms with E-state index in [4.69, 9.17) is 10.5 Å². The van der Waals surface area contributed by atoms with Crippen LogP contribution in [0.25, 0.3) is 0 Å². The topological polar surface area (TPSA) is 52.3 Å². The highest BCUT2D eigenvalue weighted by Crippen LogP contribution is 2.21. The first-order valence-electron chi connectivity index (χ1n) is 4.79. The van der Waals surface area contributed by atoms with Gasteiger partial charge in [0.05, 0.1) is 13.2 Å². The van der Waals surface area contributed by atoms with E-state index in [9.17, 15) is 4.79 Å². The molecule has 0 amide bonds. The Kier molecular flexibility index (Phi) is 11.6. The molecular weight excluding hydrogens is 218 g/mol. The highest BCUT2D eigenvalue weighted by molar-refractivity contribution is 8.76. The van der Waals surface area contributed by atoms with Crippen molar-refractivity contribution in [1.29, 1.82) is 0 Å². The molecule has 0 aromatic carbocycles. The van der Waals surface area contributed by atoms with Crippen LogP contribution in [0.1, 0.15) is 19.8 Å². The maximum Gasteiger partial charge on any atom is 0.129 e. The lowest BCUT2D eigenvalue weighted by atomic mass is 10.3. The summed E-state index contributed by atoms with van der Waals surface area (Å²) < 4.78 is 5.21. The molecule has 0 rings (SSSR count). The van der Waals surface area contributed by atoms with E-state index >= 15 is 0 Å². The van der Waals surface area contributed by atoms with Crippen molar-refractivity contribution in [2.45, 2.75) is 19.8 Å². The second kappa shape index (κ2) is 11.4. The van der Waals surface area contributed by atoms with E-state index < -0.39 is 0 Å². The molecule has 0 aliphatic rings. The van der Waals surface area contributed by atoms with E-state index in [1.165, 1.54) is 0 Å². The van der Waals surface area contributed by atoms with Gasteiger partial charge in [-0.05, 0) is 13.3 Å². The minimum Gasteiger partial charge on any atom is -0.379 e. The maximum absolute atomic E-state index is 10.6. The van der Waals surface area contributed by atoms with E-state index in [2.05, 4.69) is 0 Å². The van der Waals surface area contributed by atoms with Gasteiger partial charge in [-0.3, -0.25) is 0 Å². The second-order valence-electron chi connectivity index (χ2n) is 2.85. The summed E-state index contributed by atoms with van der Waals surface area (Å²) in [5, 5.41) is 0. The van der Waals surface area contributed by atoms with Gasteiger partial charge in [-0.15, -0.1) is 0 Å². The van der Waals surface area contributed by atoms with E-state index in [-0.39, 0.29) is 5.78 Å². The molecule has 0 aromatic rings. The molecule has 0 aliphatic carbocycles. The lowest BCUT2D eigenvalue weighted by Gasteiger charge is -2.01. The Morgan fingerprint density at radius 3 is 2.64 bits per heavy atom. The van der Waals surface area contributed by atoms with Crippen molar-refractivity contribution in [2.75, 3.05) is 31.3 Å². The molecule has 84 valence electrons. The van der Waals surface area contributed by atoms with Crippen molar-refractivity contribution in [3.8, 4) is 0 Å². The predicted molar refractivity (Wildman–Crippen MR) is 64.7 cm³/mol. The van der Waals surface area contributed by atoms with Gasteiger partial charge in [0.1, 0.15) is 5.78 Å². The molecule has 0 aliphatic heterocycles. The third-order valence-electron chi connectivity index (χ3n) is 1.41. The first kappa shape index (κ1) is 14.3. The zero-order valence-corrected chi connectivity index (χ0v) is 10.3. The smallest absolute Gasteiger partial charge is 0.129 e. The van der Waals surface area contributed by atoms with Crippen LogP contribution in [0.15, 0.2) is 0 Å². The molecule has 3 nitrogen and oxygen atoms in total. The maximum atomic E-state index is 10.6. The fourth-order valence-corrected chi connectivity index (χ4v) is 2.72. The molecule has 14 heavy (non-hydrogen) atoms. The Morgan fingerprint density at radius 1 is 1.29 bits per heavy atom. The van der Waals surface area contributed by atoms with Crippen molar-refractivity contribution < 1.29 is 9.53 Å². The van der Waals surface area contributed by atoms with Gasteiger partial charge in [-0.1, -0.05) is 21.6 Å². The summed E-state index contributed by atoms with van der Waals surface area (Å²) in [4.78, 5) is 10.6. The molecule has 0 aromatic heterocycles. The Balaban J connectivity index is 2.88. The number of carbonyl (C=O) groups is 1. The third kappa shape index (κ3) is 12.3. The zero-order valence-electron chi connectivity index (χ0n) is 8.66. The molecule has 0 saturated heterocycles. The molecule has 0 spiro atoms. The van der Waals surface area contributed by atoms with Crippen LogP contribution in [0, 0.1) is 0 Å². The molecule has 0 radical (unpaired) electrons. The lowest BCUT2D eigenvalue weighted by Crippen LogP contribution is -2.09. The zero-order chi connectivity index (χ0) is 10.6. The second-order valence-corrected chi connectivity index (χ2v) is 5.55. The summed E-state index contributed by atoms with van der Waals surface area (Å²) in [6.45, 7) is 3.64. The number of carbonyl (C=O) groups excluding carboxylic acids is 1. The average molecular weight is 237 g/mol. The molecule has 0 fully saturated rings. The van der Waals surface area contributed by atoms with Gasteiger partial charge >= 0.3 is 0 Å². The van der Waals surface area contributed by atoms with E-state index in [1.807, 2.05) is 0 Å². The first-order valence-corrected chi connectivity index (χ1v) is 7.28. The van der Waals surface area contributed by atoms with Crippen molar-refractivity contribution in [2.24, 2.45) is 5.73 Å². The summed E-state index contributed by atoms with van der Waals surface area (Å²) in [5.41, 5.74) is 5.27. The molecule has 0 heterocycles. The van der Waals surface area contributed by atoms with Gasteiger partial charge in [0, 0.05) is 24.5 Å². The normalized spacial score (nSPS) is 10.4. The Bertz CT molecular complexity index is 145. The molecule has 2 N–H and O–H groups in total. The first-order chi connectivity index (χ1) is 6.77. The summed E-state index contributed by atoms with van der Waals surface area (Å²) in [5.74, 6) is 2.31. The molecule has 5 heteroatoms. The van der Waals surface area contributed by atoms with E-state index in [0.717, 1.165) is 24.5 Å². The minimum absolute atomic E-state index is 0.280. The van der Waals surface area contributed by atoms with Gasteiger partial charge in [0.2, 0.25) is 0 Å². The quantitative estimate of drug-likeness (QED) is 0.463. The third-order valence-corrected chi connectivity index (χ3v) is 3.87. The number of Topliss-reactive ketones (excluding diaryl/α,β-unsaturated/α-hetero) is 1. The van der Waals surface area contributed by atoms with Crippen LogP contribution in [0.3, 0.4) is 0 Å². The SMILES string of the molecule is CC(=O)CCCSSCCOCCN. The van der Waals surface area contributed by atoms with Crippen molar-refractivity contribution in [3.63, 3.8) is 0 Å². The van der Waals surface area contributed by atoms with Crippen LogP contribution in [0.5, 0.6) is 0 Å². The Hall–Kier alpha value is 0.290. The largest absolute Gasteiger partial charge is 0.379 e. The van der Waals surface area contributed by atoms with Crippen molar-refractivity contribution >= 4 is 27.4 Å². The number of nitrogens with two attached hydrogens (primary N) is 1. The number of hydrogen-bond acceptors (Lipinski definition) is 5. The highest BCUT2D eigenvalue weighted by atomic mass is 33.1.